The predicted molar refractivity (Wildman–Crippen MR) is 76.8 cm³/mol. The summed E-state index contributed by atoms with van der Waals surface area (Å²) in [6.45, 7) is 0. The predicted octanol–water partition coefficient (Wildman–Crippen LogP) is 3.37. The fraction of sp³-hybridized carbons (Fsp3) is 0.500. The second kappa shape index (κ2) is 6.12. The van der Waals surface area contributed by atoms with Crippen molar-refractivity contribution in [2.45, 2.75) is 37.8 Å². The minimum Gasteiger partial charge on any atom is -0.391 e. The number of rotatable bonds is 2. The second-order valence-electron chi connectivity index (χ2n) is 4.96. The molecule has 0 aliphatic heterocycles. The van der Waals surface area contributed by atoms with Crippen LogP contribution in [-0.2, 0) is 0 Å². The van der Waals surface area contributed by atoms with Crippen molar-refractivity contribution in [1.82, 2.24) is 4.90 Å². The molecule has 1 fully saturated rings. The van der Waals surface area contributed by atoms with Crippen molar-refractivity contribution in [1.29, 1.82) is 0 Å². The number of nitrogens with zero attached hydrogens (tertiary/aromatic N) is 1. The maximum absolute atomic E-state index is 12.4. The highest BCUT2D eigenvalue weighted by atomic mass is 35.5. The van der Waals surface area contributed by atoms with Crippen molar-refractivity contribution in [2.24, 2.45) is 0 Å². The number of carbonyl (C=O) groups is 1. The lowest BCUT2D eigenvalue weighted by Crippen LogP contribution is -2.46. The highest BCUT2D eigenvalue weighted by molar-refractivity contribution is 6.36. The summed E-state index contributed by atoms with van der Waals surface area (Å²) in [6, 6.07) is 4.69. The van der Waals surface area contributed by atoms with Crippen molar-refractivity contribution in [3.8, 4) is 0 Å². The zero-order chi connectivity index (χ0) is 14.0. The number of benzene rings is 1. The first-order valence-electron chi connectivity index (χ1n) is 6.41. The Kier molecular flexibility index (Phi) is 4.71. The van der Waals surface area contributed by atoms with Gasteiger partial charge in [0.25, 0.3) is 5.91 Å². The number of hydrogen-bond acceptors (Lipinski definition) is 2. The lowest BCUT2D eigenvalue weighted by Gasteiger charge is -2.35. The normalized spacial score (nSPS) is 23.2. The molecule has 1 aromatic rings. The summed E-state index contributed by atoms with van der Waals surface area (Å²) in [4.78, 5) is 14.0. The maximum Gasteiger partial charge on any atom is 0.255 e. The number of amides is 1. The van der Waals surface area contributed by atoms with Gasteiger partial charge in [-0.05, 0) is 31.0 Å². The molecule has 0 bridgehead atoms. The lowest BCUT2D eigenvalue weighted by atomic mass is 9.91. The standard InChI is InChI=1S/C14H17Cl2NO2/c1-17(12-4-2-3-5-13(12)18)14(19)10-7-6-9(15)8-11(10)16/h6-8,12-13,18H,2-5H2,1H3/t12-,13+/m0/s1. The zero-order valence-corrected chi connectivity index (χ0v) is 12.3. The Hall–Kier alpha value is -0.770. The molecule has 0 spiro atoms. The van der Waals surface area contributed by atoms with Gasteiger partial charge in [-0.15, -0.1) is 0 Å². The highest BCUT2D eigenvalue weighted by Gasteiger charge is 2.30. The van der Waals surface area contributed by atoms with Gasteiger partial charge in [-0.3, -0.25) is 4.79 Å². The van der Waals surface area contributed by atoms with Crippen LogP contribution in [0.2, 0.25) is 10.0 Å². The van der Waals surface area contributed by atoms with Gasteiger partial charge < -0.3 is 10.0 Å². The van der Waals surface area contributed by atoms with Gasteiger partial charge in [0, 0.05) is 12.1 Å². The number of halogens is 2. The molecule has 104 valence electrons. The zero-order valence-electron chi connectivity index (χ0n) is 10.8. The van der Waals surface area contributed by atoms with Crippen LogP contribution in [0.4, 0.5) is 0 Å². The Morgan fingerprint density at radius 2 is 2.00 bits per heavy atom. The van der Waals surface area contributed by atoms with Crippen molar-refractivity contribution in [3.05, 3.63) is 33.8 Å². The number of likely N-dealkylation sites (N-methyl/N-ethyl adjacent to an activating group) is 1. The third kappa shape index (κ3) is 3.22. The van der Waals surface area contributed by atoms with E-state index in [0.717, 1.165) is 25.7 Å². The maximum atomic E-state index is 12.4. The summed E-state index contributed by atoms with van der Waals surface area (Å²) in [5.74, 6) is -0.174. The van der Waals surface area contributed by atoms with Crippen LogP contribution in [0, 0.1) is 0 Å². The van der Waals surface area contributed by atoms with Crippen LogP contribution in [0.15, 0.2) is 18.2 Å². The minimum atomic E-state index is -0.450. The first kappa shape index (κ1) is 14.6. The highest BCUT2D eigenvalue weighted by Crippen LogP contribution is 2.26. The van der Waals surface area contributed by atoms with E-state index in [1.807, 2.05) is 0 Å². The number of aliphatic hydroxyl groups excluding tert-OH is 1. The average molecular weight is 302 g/mol. The van der Waals surface area contributed by atoms with E-state index in [9.17, 15) is 9.90 Å². The summed E-state index contributed by atoms with van der Waals surface area (Å²) < 4.78 is 0. The minimum absolute atomic E-state index is 0.131. The van der Waals surface area contributed by atoms with Gasteiger partial charge in [-0.2, -0.15) is 0 Å². The topological polar surface area (TPSA) is 40.5 Å². The van der Waals surface area contributed by atoms with E-state index in [-0.39, 0.29) is 11.9 Å². The van der Waals surface area contributed by atoms with Crippen LogP contribution in [0.3, 0.4) is 0 Å². The summed E-state index contributed by atoms with van der Waals surface area (Å²) >= 11 is 11.9. The van der Waals surface area contributed by atoms with E-state index in [1.165, 1.54) is 0 Å². The van der Waals surface area contributed by atoms with Crippen molar-refractivity contribution < 1.29 is 9.90 Å². The van der Waals surface area contributed by atoms with Gasteiger partial charge in [0.05, 0.1) is 22.7 Å². The molecule has 19 heavy (non-hydrogen) atoms. The van der Waals surface area contributed by atoms with Gasteiger partial charge in [-0.25, -0.2) is 0 Å². The third-order valence-electron chi connectivity index (χ3n) is 3.67. The van der Waals surface area contributed by atoms with Gasteiger partial charge in [0.2, 0.25) is 0 Å². The fourth-order valence-electron chi connectivity index (χ4n) is 2.55. The van der Waals surface area contributed by atoms with Crippen molar-refractivity contribution >= 4 is 29.1 Å². The first-order chi connectivity index (χ1) is 9.00. The second-order valence-corrected chi connectivity index (χ2v) is 5.80. The monoisotopic (exact) mass is 301 g/mol. The smallest absolute Gasteiger partial charge is 0.255 e. The van der Waals surface area contributed by atoms with Gasteiger partial charge >= 0.3 is 0 Å². The fourth-order valence-corrected chi connectivity index (χ4v) is 3.04. The summed E-state index contributed by atoms with van der Waals surface area (Å²) in [6.07, 6.45) is 3.18. The number of carbonyl (C=O) groups excluding carboxylic acids is 1. The molecule has 2 rings (SSSR count). The molecular formula is C14H17Cl2NO2. The van der Waals surface area contributed by atoms with Crippen LogP contribution in [-0.4, -0.2) is 35.1 Å². The Morgan fingerprint density at radius 1 is 1.32 bits per heavy atom. The van der Waals surface area contributed by atoms with E-state index in [4.69, 9.17) is 23.2 Å². The third-order valence-corrected chi connectivity index (χ3v) is 4.22. The van der Waals surface area contributed by atoms with E-state index in [1.54, 1.807) is 30.1 Å². The van der Waals surface area contributed by atoms with E-state index >= 15 is 0 Å². The molecule has 2 atom stereocenters. The molecule has 0 aromatic heterocycles. The van der Waals surface area contributed by atoms with Gasteiger partial charge in [0.1, 0.15) is 0 Å². The molecule has 5 heteroatoms. The van der Waals surface area contributed by atoms with Crippen LogP contribution in [0.5, 0.6) is 0 Å². The van der Waals surface area contributed by atoms with Crippen LogP contribution in [0.1, 0.15) is 36.0 Å². The molecule has 1 aliphatic carbocycles. The molecular weight excluding hydrogens is 285 g/mol. The lowest BCUT2D eigenvalue weighted by molar-refractivity contribution is 0.0268. The van der Waals surface area contributed by atoms with Gasteiger partial charge in [-0.1, -0.05) is 36.0 Å². The Labute approximate surface area is 123 Å². The largest absolute Gasteiger partial charge is 0.391 e. The molecule has 0 unspecified atom stereocenters. The van der Waals surface area contributed by atoms with E-state index in [2.05, 4.69) is 0 Å². The van der Waals surface area contributed by atoms with Crippen LogP contribution >= 0.6 is 23.2 Å². The summed E-state index contributed by atoms with van der Waals surface area (Å²) in [7, 11) is 1.71. The molecule has 1 N–H and O–H groups in total. The summed E-state index contributed by atoms with van der Waals surface area (Å²) in [5.41, 5.74) is 0.423. The Bertz CT molecular complexity index is 479. The molecule has 0 saturated heterocycles. The van der Waals surface area contributed by atoms with E-state index in [0.29, 0.717) is 15.6 Å². The van der Waals surface area contributed by atoms with Gasteiger partial charge in [0.15, 0.2) is 0 Å². The molecule has 1 aliphatic rings. The van der Waals surface area contributed by atoms with Crippen molar-refractivity contribution in [3.63, 3.8) is 0 Å². The number of hydrogen-bond donors (Lipinski definition) is 1. The SMILES string of the molecule is CN(C(=O)c1ccc(Cl)cc1Cl)[C@H]1CCCC[C@H]1O. The van der Waals surface area contributed by atoms with Crippen LogP contribution in [0.25, 0.3) is 0 Å². The molecule has 1 saturated carbocycles. The molecule has 3 nitrogen and oxygen atoms in total. The Morgan fingerprint density at radius 3 is 2.63 bits per heavy atom. The quantitative estimate of drug-likeness (QED) is 0.910. The first-order valence-corrected chi connectivity index (χ1v) is 7.16. The van der Waals surface area contributed by atoms with E-state index < -0.39 is 6.10 Å². The van der Waals surface area contributed by atoms with Crippen molar-refractivity contribution in [2.75, 3.05) is 7.05 Å². The molecule has 1 aromatic carbocycles. The summed E-state index contributed by atoms with van der Waals surface area (Å²) in [5, 5.41) is 10.8. The molecule has 0 radical (unpaired) electrons. The number of aliphatic hydroxyl groups is 1. The van der Waals surface area contributed by atoms with Crippen LogP contribution < -0.4 is 0 Å². The average Bonchev–Trinajstić information content (AvgIpc) is 2.38. The Balaban J connectivity index is 2.18. The molecule has 0 heterocycles. The molecule has 1 amide bonds.